The van der Waals surface area contributed by atoms with Crippen LogP contribution in [0, 0.1) is 0 Å². The van der Waals surface area contributed by atoms with Gasteiger partial charge in [0.25, 0.3) is 0 Å². The highest BCUT2D eigenvalue weighted by Crippen LogP contribution is 2.66. The van der Waals surface area contributed by atoms with Crippen molar-refractivity contribution >= 4 is 13.5 Å². The van der Waals surface area contributed by atoms with Gasteiger partial charge in [-0.2, -0.15) is 0 Å². The number of hydrogen-bond donors (Lipinski definition) is 0. The molecule has 1 aliphatic rings. The van der Waals surface area contributed by atoms with Crippen molar-refractivity contribution in [3.8, 4) is 0 Å². The van der Waals surface area contributed by atoms with Crippen LogP contribution in [-0.2, 0) is 0 Å². The molecule has 114 valence electrons. The summed E-state index contributed by atoms with van der Waals surface area (Å²) in [5.41, 5.74) is 3.59. The van der Waals surface area contributed by atoms with Crippen molar-refractivity contribution in [1.29, 1.82) is 0 Å². The standard InChI is InChI=1S/C20H29P/c1-19(2,3)21(20(4,5)6)18-15-11-10-14-17(18)16-12-8-7-9-13-16/h7-14,18H,15H2,1-6H3. The fourth-order valence-corrected chi connectivity index (χ4v) is 8.45. The van der Waals surface area contributed by atoms with Crippen LogP contribution >= 0.6 is 7.92 Å². The van der Waals surface area contributed by atoms with Crippen LogP contribution in [0.25, 0.3) is 5.57 Å². The molecule has 0 fully saturated rings. The SMILES string of the molecule is CC(C)(C)P(C1CC=CC=C1c1ccccc1)C(C)(C)C. The quantitative estimate of drug-likeness (QED) is 0.548. The third-order valence-corrected chi connectivity index (χ3v) is 8.00. The second kappa shape index (κ2) is 6.09. The minimum atomic E-state index is -0.143. The Balaban J connectivity index is 2.45. The number of allylic oxidation sites excluding steroid dienone is 4. The minimum absolute atomic E-state index is 0.143. The van der Waals surface area contributed by atoms with Gasteiger partial charge in [0.1, 0.15) is 0 Å². The minimum Gasteiger partial charge on any atom is -0.0876 e. The maximum Gasteiger partial charge on any atom is 0.00917 e. The summed E-state index contributed by atoms with van der Waals surface area (Å²) in [5, 5.41) is 0.717. The molecule has 0 saturated carbocycles. The summed E-state index contributed by atoms with van der Waals surface area (Å²) in [5.74, 6) is 0. The van der Waals surface area contributed by atoms with Crippen LogP contribution in [0.5, 0.6) is 0 Å². The van der Waals surface area contributed by atoms with E-state index in [4.69, 9.17) is 0 Å². The van der Waals surface area contributed by atoms with Gasteiger partial charge in [0, 0.05) is 5.66 Å². The predicted molar refractivity (Wildman–Crippen MR) is 98.4 cm³/mol. The van der Waals surface area contributed by atoms with E-state index in [1.165, 1.54) is 17.6 Å². The summed E-state index contributed by atoms with van der Waals surface area (Å²) in [7, 11) is -0.143. The lowest BCUT2D eigenvalue weighted by atomic mass is 9.97. The Labute approximate surface area is 132 Å². The molecule has 0 spiro atoms. The first kappa shape index (κ1) is 16.5. The number of rotatable bonds is 2. The van der Waals surface area contributed by atoms with Crippen LogP contribution in [-0.4, -0.2) is 16.0 Å². The monoisotopic (exact) mass is 300 g/mol. The second-order valence-corrected chi connectivity index (χ2v) is 11.9. The molecule has 0 N–H and O–H groups in total. The molecule has 2 rings (SSSR count). The number of hydrogen-bond acceptors (Lipinski definition) is 0. The first-order chi connectivity index (χ1) is 9.71. The van der Waals surface area contributed by atoms with Crippen molar-refractivity contribution in [1.82, 2.24) is 0 Å². The fraction of sp³-hybridized carbons (Fsp3) is 0.500. The maximum atomic E-state index is 2.42. The van der Waals surface area contributed by atoms with Gasteiger partial charge in [0.2, 0.25) is 0 Å². The number of benzene rings is 1. The average Bonchev–Trinajstić information content (AvgIpc) is 2.37. The van der Waals surface area contributed by atoms with E-state index in [1.54, 1.807) is 0 Å². The van der Waals surface area contributed by atoms with E-state index in [2.05, 4.69) is 90.1 Å². The molecule has 0 aliphatic heterocycles. The second-order valence-electron chi connectivity index (χ2n) is 7.88. The Kier molecular flexibility index (Phi) is 4.79. The van der Waals surface area contributed by atoms with E-state index in [0.29, 0.717) is 16.0 Å². The topological polar surface area (TPSA) is 0 Å². The van der Waals surface area contributed by atoms with Crippen LogP contribution in [0.3, 0.4) is 0 Å². The normalized spacial score (nSPS) is 19.8. The van der Waals surface area contributed by atoms with Crippen molar-refractivity contribution < 1.29 is 0 Å². The third-order valence-electron chi connectivity index (χ3n) is 3.99. The van der Waals surface area contributed by atoms with Gasteiger partial charge in [-0.3, -0.25) is 0 Å². The van der Waals surface area contributed by atoms with Crippen LogP contribution < -0.4 is 0 Å². The van der Waals surface area contributed by atoms with Crippen LogP contribution in [0.4, 0.5) is 0 Å². The molecule has 0 saturated heterocycles. The first-order valence-electron chi connectivity index (χ1n) is 7.93. The largest absolute Gasteiger partial charge is 0.0876 e. The average molecular weight is 300 g/mol. The molecule has 0 amide bonds. The molecular weight excluding hydrogens is 271 g/mol. The lowest BCUT2D eigenvalue weighted by molar-refractivity contribution is 0.693. The van der Waals surface area contributed by atoms with Gasteiger partial charge >= 0.3 is 0 Å². The molecule has 1 aliphatic carbocycles. The predicted octanol–water partition coefficient (Wildman–Crippen LogP) is 6.48. The van der Waals surface area contributed by atoms with Crippen molar-refractivity contribution in [3.63, 3.8) is 0 Å². The maximum absolute atomic E-state index is 2.42. The van der Waals surface area contributed by atoms with Crippen molar-refractivity contribution in [2.75, 3.05) is 0 Å². The molecule has 0 radical (unpaired) electrons. The van der Waals surface area contributed by atoms with Gasteiger partial charge in [-0.15, -0.1) is 0 Å². The van der Waals surface area contributed by atoms with Gasteiger partial charge < -0.3 is 0 Å². The third kappa shape index (κ3) is 3.86. The van der Waals surface area contributed by atoms with E-state index < -0.39 is 0 Å². The first-order valence-corrected chi connectivity index (χ1v) is 9.34. The van der Waals surface area contributed by atoms with Crippen LogP contribution in [0.1, 0.15) is 53.5 Å². The molecule has 1 heteroatoms. The highest BCUT2D eigenvalue weighted by atomic mass is 31.1. The highest BCUT2D eigenvalue weighted by Gasteiger charge is 2.41. The molecular formula is C20H29P. The van der Waals surface area contributed by atoms with Gasteiger partial charge in [-0.05, 0) is 27.9 Å². The smallest absolute Gasteiger partial charge is 0.00917 e. The van der Waals surface area contributed by atoms with E-state index in [9.17, 15) is 0 Å². The van der Waals surface area contributed by atoms with Crippen molar-refractivity contribution in [3.05, 3.63) is 54.1 Å². The summed E-state index contributed by atoms with van der Waals surface area (Å²) in [4.78, 5) is 0. The lowest BCUT2D eigenvalue weighted by Gasteiger charge is -2.47. The molecule has 0 heterocycles. The summed E-state index contributed by atoms with van der Waals surface area (Å²) >= 11 is 0. The molecule has 21 heavy (non-hydrogen) atoms. The van der Waals surface area contributed by atoms with Gasteiger partial charge in [-0.1, -0.05) is 98.0 Å². The Morgan fingerprint density at radius 2 is 1.48 bits per heavy atom. The molecule has 1 aromatic carbocycles. The van der Waals surface area contributed by atoms with E-state index in [-0.39, 0.29) is 7.92 Å². The van der Waals surface area contributed by atoms with Gasteiger partial charge in [0.15, 0.2) is 0 Å². The summed E-state index contributed by atoms with van der Waals surface area (Å²) in [6.07, 6.45) is 8.11. The van der Waals surface area contributed by atoms with Crippen LogP contribution in [0.15, 0.2) is 48.6 Å². The summed E-state index contributed by atoms with van der Waals surface area (Å²) < 4.78 is 0. The lowest BCUT2D eigenvalue weighted by Crippen LogP contribution is -2.32. The Hall–Kier alpha value is -0.870. The zero-order valence-corrected chi connectivity index (χ0v) is 15.2. The molecule has 0 bridgehead atoms. The Morgan fingerprint density at radius 3 is 2.00 bits per heavy atom. The summed E-state index contributed by atoms with van der Waals surface area (Å²) in [6.45, 7) is 14.5. The summed E-state index contributed by atoms with van der Waals surface area (Å²) in [6, 6.07) is 10.9. The molecule has 1 unspecified atom stereocenters. The van der Waals surface area contributed by atoms with E-state index >= 15 is 0 Å². The van der Waals surface area contributed by atoms with Crippen molar-refractivity contribution in [2.24, 2.45) is 0 Å². The Morgan fingerprint density at radius 1 is 0.905 bits per heavy atom. The van der Waals surface area contributed by atoms with Crippen LogP contribution in [0.2, 0.25) is 0 Å². The van der Waals surface area contributed by atoms with E-state index in [1.807, 2.05) is 0 Å². The molecule has 1 aromatic rings. The van der Waals surface area contributed by atoms with Gasteiger partial charge in [-0.25, -0.2) is 0 Å². The zero-order chi connectivity index (χ0) is 15.7. The van der Waals surface area contributed by atoms with Gasteiger partial charge in [0.05, 0.1) is 0 Å². The fourth-order valence-electron chi connectivity index (χ4n) is 3.72. The highest BCUT2D eigenvalue weighted by molar-refractivity contribution is 7.62. The van der Waals surface area contributed by atoms with Crippen molar-refractivity contribution in [2.45, 2.75) is 63.9 Å². The zero-order valence-electron chi connectivity index (χ0n) is 14.4. The molecule has 0 nitrogen and oxygen atoms in total. The van der Waals surface area contributed by atoms with E-state index in [0.717, 1.165) is 0 Å². The molecule has 0 aromatic heterocycles. The Bertz CT molecular complexity index is 509. The molecule has 1 atom stereocenters.